The molecule has 3 aliphatic heterocycles. The summed E-state index contributed by atoms with van der Waals surface area (Å²) in [5, 5.41) is 6.56. The zero-order valence-electron chi connectivity index (χ0n) is 12.7. The van der Waals surface area contributed by atoms with E-state index in [0.29, 0.717) is 0 Å². The molecule has 3 rings (SSSR count). The summed E-state index contributed by atoms with van der Waals surface area (Å²) in [4.78, 5) is 17.1. The molecule has 0 aromatic carbocycles. The van der Waals surface area contributed by atoms with E-state index in [1.807, 2.05) is 0 Å². The van der Waals surface area contributed by atoms with Crippen molar-refractivity contribution in [1.29, 1.82) is 0 Å². The molecule has 2 N–H and O–H groups in total. The number of nitrogens with one attached hydrogen (secondary N) is 2. The Morgan fingerprint density at radius 1 is 1.25 bits per heavy atom. The van der Waals surface area contributed by atoms with Gasteiger partial charge in [0.2, 0.25) is 5.91 Å². The Labute approximate surface area is 122 Å². The van der Waals surface area contributed by atoms with Gasteiger partial charge in [-0.3, -0.25) is 9.69 Å². The SMILES string of the molecule is CN1CCNC(=O)C12CCN(CC1CCCNC1)CC2. The van der Waals surface area contributed by atoms with Crippen molar-refractivity contribution < 1.29 is 4.79 Å². The minimum absolute atomic E-state index is 0.223. The van der Waals surface area contributed by atoms with Crippen molar-refractivity contribution in [1.82, 2.24) is 20.4 Å². The first-order valence-corrected chi connectivity index (χ1v) is 8.13. The van der Waals surface area contributed by atoms with Gasteiger partial charge >= 0.3 is 0 Å². The number of nitrogens with zero attached hydrogens (tertiary/aromatic N) is 2. The highest BCUT2D eigenvalue weighted by molar-refractivity contribution is 5.87. The third-order valence-corrected chi connectivity index (χ3v) is 5.48. The quantitative estimate of drug-likeness (QED) is 0.740. The normalized spacial score (nSPS) is 32.2. The van der Waals surface area contributed by atoms with Gasteiger partial charge in [0.15, 0.2) is 0 Å². The molecule has 1 amide bonds. The molecule has 114 valence electrons. The molecule has 1 atom stereocenters. The fraction of sp³-hybridized carbons (Fsp3) is 0.933. The van der Waals surface area contributed by atoms with Gasteiger partial charge in [0, 0.05) is 32.7 Å². The molecule has 1 unspecified atom stereocenters. The van der Waals surface area contributed by atoms with Crippen LogP contribution >= 0.6 is 0 Å². The van der Waals surface area contributed by atoms with E-state index >= 15 is 0 Å². The average molecular weight is 280 g/mol. The third-order valence-electron chi connectivity index (χ3n) is 5.48. The van der Waals surface area contributed by atoms with Gasteiger partial charge in [-0.05, 0) is 51.7 Å². The second-order valence-corrected chi connectivity index (χ2v) is 6.72. The van der Waals surface area contributed by atoms with Crippen molar-refractivity contribution in [2.24, 2.45) is 5.92 Å². The van der Waals surface area contributed by atoms with Gasteiger partial charge in [-0.2, -0.15) is 0 Å². The predicted octanol–water partition coefficient (Wildman–Crippen LogP) is -0.118. The number of carbonyl (C=O) groups is 1. The molecular weight excluding hydrogens is 252 g/mol. The maximum atomic E-state index is 12.3. The van der Waals surface area contributed by atoms with E-state index in [4.69, 9.17) is 0 Å². The van der Waals surface area contributed by atoms with Gasteiger partial charge in [0.05, 0.1) is 0 Å². The fourth-order valence-electron chi connectivity index (χ4n) is 4.05. The highest BCUT2D eigenvalue weighted by Gasteiger charge is 2.46. The molecule has 20 heavy (non-hydrogen) atoms. The molecule has 0 bridgehead atoms. The Balaban J connectivity index is 1.54. The number of likely N-dealkylation sites (tertiary alicyclic amines) is 1. The Hall–Kier alpha value is -0.650. The summed E-state index contributed by atoms with van der Waals surface area (Å²) in [5.74, 6) is 1.06. The van der Waals surface area contributed by atoms with Crippen molar-refractivity contribution in [3.8, 4) is 0 Å². The molecular formula is C15H28N4O. The van der Waals surface area contributed by atoms with Crippen LogP contribution in [0.15, 0.2) is 0 Å². The van der Waals surface area contributed by atoms with Crippen molar-refractivity contribution in [2.75, 3.05) is 52.9 Å². The topological polar surface area (TPSA) is 47.6 Å². The van der Waals surface area contributed by atoms with Crippen LogP contribution in [-0.4, -0.2) is 74.1 Å². The van der Waals surface area contributed by atoms with E-state index < -0.39 is 0 Å². The van der Waals surface area contributed by atoms with Crippen LogP contribution < -0.4 is 10.6 Å². The van der Waals surface area contributed by atoms with E-state index in [-0.39, 0.29) is 11.4 Å². The molecule has 0 saturated carbocycles. The molecule has 5 heteroatoms. The second kappa shape index (κ2) is 6.00. The summed E-state index contributed by atoms with van der Waals surface area (Å²) >= 11 is 0. The van der Waals surface area contributed by atoms with E-state index in [0.717, 1.165) is 44.9 Å². The highest BCUT2D eigenvalue weighted by atomic mass is 16.2. The molecule has 0 aliphatic carbocycles. The third kappa shape index (κ3) is 2.71. The Bertz CT molecular complexity index is 346. The van der Waals surface area contributed by atoms with Crippen molar-refractivity contribution >= 4 is 5.91 Å². The van der Waals surface area contributed by atoms with Crippen LogP contribution in [0.4, 0.5) is 0 Å². The van der Waals surface area contributed by atoms with Gasteiger partial charge < -0.3 is 15.5 Å². The highest BCUT2D eigenvalue weighted by Crippen LogP contribution is 2.30. The van der Waals surface area contributed by atoms with E-state index in [1.165, 1.54) is 32.5 Å². The lowest BCUT2D eigenvalue weighted by Gasteiger charge is -2.49. The lowest BCUT2D eigenvalue weighted by Crippen LogP contribution is -2.67. The number of likely N-dealkylation sites (N-methyl/N-ethyl adjacent to an activating group) is 1. The first kappa shape index (κ1) is 14.3. The Morgan fingerprint density at radius 3 is 2.70 bits per heavy atom. The molecule has 1 spiro atoms. The van der Waals surface area contributed by atoms with Gasteiger partial charge in [-0.25, -0.2) is 0 Å². The zero-order chi connectivity index (χ0) is 14.0. The van der Waals surface area contributed by atoms with Gasteiger partial charge in [-0.1, -0.05) is 0 Å². The van der Waals surface area contributed by atoms with Crippen molar-refractivity contribution in [2.45, 2.75) is 31.2 Å². The first-order chi connectivity index (χ1) is 9.71. The summed E-state index contributed by atoms with van der Waals surface area (Å²) in [7, 11) is 2.11. The molecule has 0 aromatic heterocycles. The summed E-state index contributed by atoms with van der Waals surface area (Å²) in [6, 6.07) is 0. The number of hydrogen-bond acceptors (Lipinski definition) is 4. The van der Waals surface area contributed by atoms with E-state index in [9.17, 15) is 4.79 Å². The predicted molar refractivity (Wildman–Crippen MR) is 79.6 cm³/mol. The molecule has 3 fully saturated rings. The smallest absolute Gasteiger partial charge is 0.240 e. The molecule has 3 aliphatic rings. The van der Waals surface area contributed by atoms with Crippen LogP contribution in [0.3, 0.4) is 0 Å². The summed E-state index contributed by atoms with van der Waals surface area (Å²) < 4.78 is 0. The number of rotatable bonds is 2. The van der Waals surface area contributed by atoms with Crippen LogP contribution in [-0.2, 0) is 4.79 Å². The van der Waals surface area contributed by atoms with Crippen LogP contribution in [0.1, 0.15) is 25.7 Å². The van der Waals surface area contributed by atoms with Crippen LogP contribution in [0.5, 0.6) is 0 Å². The minimum Gasteiger partial charge on any atom is -0.353 e. The molecule has 0 aromatic rings. The number of hydrogen-bond donors (Lipinski definition) is 2. The first-order valence-electron chi connectivity index (χ1n) is 8.13. The lowest BCUT2D eigenvalue weighted by molar-refractivity contribution is -0.140. The lowest BCUT2D eigenvalue weighted by atomic mass is 9.83. The van der Waals surface area contributed by atoms with Gasteiger partial charge in [0.1, 0.15) is 5.54 Å². The molecule has 5 nitrogen and oxygen atoms in total. The largest absolute Gasteiger partial charge is 0.353 e. The summed E-state index contributed by atoms with van der Waals surface area (Å²) in [6.07, 6.45) is 4.63. The maximum Gasteiger partial charge on any atom is 0.240 e. The molecule has 3 saturated heterocycles. The summed E-state index contributed by atoms with van der Waals surface area (Å²) in [5.41, 5.74) is -0.223. The number of carbonyl (C=O) groups excluding carboxylic acids is 1. The Kier molecular flexibility index (Phi) is 4.29. The Morgan fingerprint density at radius 2 is 2.05 bits per heavy atom. The van der Waals surface area contributed by atoms with Crippen molar-refractivity contribution in [3.63, 3.8) is 0 Å². The molecule has 0 radical (unpaired) electrons. The maximum absolute atomic E-state index is 12.3. The van der Waals surface area contributed by atoms with Gasteiger partial charge in [0.25, 0.3) is 0 Å². The van der Waals surface area contributed by atoms with Crippen LogP contribution in [0.2, 0.25) is 0 Å². The monoisotopic (exact) mass is 280 g/mol. The standard InChI is InChI=1S/C15H28N4O/c1-18-10-7-17-14(20)15(18)4-8-19(9-5-15)12-13-3-2-6-16-11-13/h13,16H,2-12H2,1H3,(H,17,20). The van der Waals surface area contributed by atoms with Gasteiger partial charge in [-0.15, -0.1) is 0 Å². The minimum atomic E-state index is -0.223. The number of amides is 1. The van der Waals surface area contributed by atoms with E-state index in [1.54, 1.807) is 0 Å². The van der Waals surface area contributed by atoms with Crippen LogP contribution in [0, 0.1) is 5.92 Å². The number of piperazine rings is 1. The zero-order valence-corrected chi connectivity index (χ0v) is 12.7. The molecule has 3 heterocycles. The fourth-order valence-corrected chi connectivity index (χ4v) is 4.05. The van der Waals surface area contributed by atoms with Crippen LogP contribution in [0.25, 0.3) is 0 Å². The van der Waals surface area contributed by atoms with Crippen molar-refractivity contribution in [3.05, 3.63) is 0 Å². The van der Waals surface area contributed by atoms with E-state index in [2.05, 4.69) is 27.5 Å². The number of piperidine rings is 2. The summed E-state index contributed by atoms with van der Waals surface area (Å²) in [6.45, 7) is 7.47. The second-order valence-electron chi connectivity index (χ2n) is 6.72. The average Bonchev–Trinajstić information content (AvgIpc) is 2.48.